The van der Waals surface area contributed by atoms with Crippen LogP contribution >= 0.6 is 0 Å². The molecule has 0 fully saturated rings. The van der Waals surface area contributed by atoms with Gasteiger partial charge >= 0.3 is 0 Å². The smallest absolute Gasteiger partial charge is 0.210 e. The van der Waals surface area contributed by atoms with Gasteiger partial charge in [-0.15, -0.1) is 0 Å². The van der Waals surface area contributed by atoms with Gasteiger partial charge in [0.15, 0.2) is 11.6 Å². The van der Waals surface area contributed by atoms with Crippen molar-refractivity contribution >= 4 is 11.6 Å². The number of benzene rings is 1. The average Bonchev–Trinajstić information content (AvgIpc) is 2.34. The van der Waals surface area contributed by atoms with E-state index in [2.05, 4.69) is 15.7 Å². The molecule has 4 nitrogen and oxygen atoms in total. The average molecular weight is 260 g/mol. The Kier molecular flexibility index (Phi) is 5.44. The quantitative estimate of drug-likeness (QED) is 0.194. The number of nitrogens with zero attached hydrogens (tertiary/aromatic N) is 1. The number of hydrazine groups is 1. The Morgan fingerprint density at radius 1 is 1.22 bits per heavy atom. The SMILES string of the molecule is CCCCN=C(NN)Nc1cc(F)c(F)cc1F. The van der Waals surface area contributed by atoms with E-state index in [4.69, 9.17) is 5.84 Å². The molecule has 7 heteroatoms. The van der Waals surface area contributed by atoms with Crippen molar-refractivity contribution in [3.8, 4) is 0 Å². The number of unbranched alkanes of at least 4 members (excludes halogenated alkanes) is 1. The summed E-state index contributed by atoms with van der Waals surface area (Å²) in [7, 11) is 0. The van der Waals surface area contributed by atoms with Crippen molar-refractivity contribution in [1.29, 1.82) is 0 Å². The Labute approximate surface area is 103 Å². The predicted molar refractivity (Wildman–Crippen MR) is 64.5 cm³/mol. The third-order valence-electron chi connectivity index (χ3n) is 2.18. The Hall–Kier alpha value is -1.76. The van der Waals surface area contributed by atoms with Crippen LogP contribution in [0.3, 0.4) is 0 Å². The van der Waals surface area contributed by atoms with Crippen molar-refractivity contribution in [3.05, 3.63) is 29.6 Å². The molecule has 1 rings (SSSR count). The molecule has 0 aliphatic rings. The second-order valence-corrected chi connectivity index (χ2v) is 3.60. The predicted octanol–water partition coefficient (Wildman–Crippen LogP) is 2.14. The van der Waals surface area contributed by atoms with E-state index in [0.717, 1.165) is 12.8 Å². The molecule has 0 spiro atoms. The van der Waals surface area contributed by atoms with Crippen LogP contribution in [0.2, 0.25) is 0 Å². The molecule has 4 N–H and O–H groups in total. The highest BCUT2D eigenvalue weighted by Crippen LogP contribution is 2.18. The molecule has 0 saturated carbocycles. The molecular formula is C11H15F3N4. The standard InChI is InChI=1S/C11H15F3N4/c1-2-3-4-16-11(18-15)17-10-6-8(13)7(12)5-9(10)14/h5-6H,2-4,15H2,1H3,(H2,16,17,18). The van der Waals surface area contributed by atoms with Gasteiger partial charge in [0.1, 0.15) is 5.82 Å². The molecule has 0 radical (unpaired) electrons. The molecule has 0 aromatic heterocycles. The molecule has 0 bridgehead atoms. The lowest BCUT2D eigenvalue weighted by Gasteiger charge is -2.10. The molecule has 0 aliphatic heterocycles. The summed E-state index contributed by atoms with van der Waals surface area (Å²) in [5.74, 6) is 1.96. The van der Waals surface area contributed by atoms with Crippen LogP contribution in [0.25, 0.3) is 0 Å². The van der Waals surface area contributed by atoms with Crippen molar-refractivity contribution in [2.24, 2.45) is 10.8 Å². The fourth-order valence-corrected chi connectivity index (χ4v) is 1.22. The summed E-state index contributed by atoms with van der Waals surface area (Å²) < 4.78 is 39.0. The molecule has 1 aromatic carbocycles. The van der Waals surface area contributed by atoms with Crippen LogP contribution in [0, 0.1) is 17.5 Å². The Morgan fingerprint density at radius 2 is 1.89 bits per heavy atom. The van der Waals surface area contributed by atoms with E-state index in [9.17, 15) is 13.2 Å². The van der Waals surface area contributed by atoms with Crippen molar-refractivity contribution in [2.75, 3.05) is 11.9 Å². The van der Waals surface area contributed by atoms with E-state index in [1.165, 1.54) is 0 Å². The molecule has 18 heavy (non-hydrogen) atoms. The number of hydrogen-bond donors (Lipinski definition) is 3. The van der Waals surface area contributed by atoms with Gasteiger partial charge in [-0.1, -0.05) is 13.3 Å². The number of rotatable bonds is 4. The number of guanidine groups is 1. The van der Waals surface area contributed by atoms with E-state index in [1.807, 2.05) is 6.92 Å². The summed E-state index contributed by atoms with van der Waals surface area (Å²) in [5.41, 5.74) is 1.99. The van der Waals surface area contributed by atoms with Crippen LogP contribution in [0.5, 0.6) is 0 Å². The number of anilines is 1. The number of nitrogens with two attached hydrogens (primary N) is 1. The maximum Gasteiger partial charge on any atom is 0.210 e. The first-order valence-corrected chi connectivity index (χ1v) is 5.51. The fraction of sp³-hybridized carbons (Fsp3) is 0.364. The van der Waals surface area contributed by atoms with Gasteiger partial charge < -0.3 is 5.32 Å². The zero-order valence-electron chi connectivity index (χ0n) is 9.93. The van der Waals surface area contributed by atoms with E-state index in [-0.39, 0.29) is 11.6 Å². The van der Waals surface area contributed by atoms with Gasteiger partial charge in [-0.2, -0.15) is 0 Å². The van der Waals surface area contributed by atoms with Crippen LogP contribution in [-0.2, 0) is 0 Å². The van der Waals surface area contributed by atoms with Gasteiger partial charge in [-0.05, 0) is 6.42 Å². The highest BCUT2D eigenvalue weighted by atomic mass is 19.2. The van der Waals surface area contributed by atoms with E-state index in [1.54, 1.807) is 0 Å². The maximum absolute atomic E-state index is 13.3. The van der Waals surface area contributed by atoms with Gasteiger partial charge in [0.2, 0.25) is 5.96 Å². The molecule has 0 unspecified atom stereocenters. The van der Waals surface area contributed by atoms with Crippen LogP contribution < -0.4 is 16.6 Å². The second kappa shape index (κ2) is 6.85. The van der Waals surface area contributed by atoms with Gasteiger partial charge in [-0.3, -0.25) is 10.4 Å². The summed E-state index contributed by atoms with van der Waals surface area (Å²) in [6.45, 7) is 2.49. The lowest BCUT2D eigenvalue weighted by atomic mass is 10.3. The summed E-state index contributed by atoms with van der Waals surface area (Å²) in [6.07, 6.45) is 1.79. The number of aliphatic imine (C=N–C) groups is 1. The van der Waals surface area contributed by atoms with Crippen LogP contribution in [-0.4, -0.2) is 12.5 Å². The van der Waals surface area contributed by atoms with E-state index in [0.29, 0.717) is 18.7 Å². The minimum absolute atomic E-state index is 0.0911. The molecule has 0 atom stereocenters. The summed E-state index contributed by atoms with van der Waals surface area (Å²) >= 11 is 0. The first kappa shape index (κ1) is 14.3. The molecule has 100 valence electrons. The molecule has 0 aliphatic carbocycles. The third kappa shape index (κ3) is 3.92. The molecule has 1 aromatic rings. The van der Waals surface area contributed by atoms with E-state index < -0.39 is 17.5 Å². The highest BCUT2D eigenvalue weighted by Gasteiger charge is 2.10. The topological polar surface area (TPSA) is 62.4 Å². The first-order valence-electron chi connectivity index (χ1n) is 5.51. The Balaban J connectivity index is 2.81. The van der Waals surface area contributed by atoms with Gasteiger partial charge in [-0.25, -0.2) is 19.0 Å². The first-order chi connectivity index (χ1) is 8.58. The summed E-state index contributed by atoms with van der Waals surface area (Å²) in [5, 5.41) is 2.46. The zero-order chi connectivity index (χ0) is 13.5. The highest BCUT2D eigenvalue weighted by molar-refractivity contribution is 5.93. The molecule has 0 saturated heterocycles. The number of hydrogen-bond acceptors (Lipinski definition) is 2. The van der Waals surface area contributed by atoms with Gasteiger partial charge in [0.25, 0.3) is 0 Å². The monoisotopic (exact) mass is 260 g/mol. The second-order valence-electron chi connectivity index (χ2n) is 3.60. The van der Waals surface area contributed by atoms with Crippen molar-refractivity contribution in [2.45, 2.75) is 19.8 Å². The van der Waals surface area contributed by atoms with Gasteiger partial charge in [0, 0.05) is 18.7 Å². The zero-order valence-corrected chi connectivity index (χ0v) is 9.93. The summed E-state index contributed by atoms with van der Waals surface area (Å²) in [6, 6.07) is 1.16. The third-order valence-corrected chi connectivity index (χ3v) is 2.18. The molecular weight excluding hydrogens is 245 g/mol. The molecule has 0 heterocycles. The Morgan fingerprint density at radius 3 is 2.50 bits per heavy atom. The normalized spacial score (nSPS) is 11.5. The van der Waals surface area contributed by atoms with Crippen LogP contribution in [0.1, 0.15) is 19.8 Å². The lowest BCUT2D eigenvalue weighted by Crippen LogP contribution is -2.36. The van der Waals surface area contributed by atoms with Crippen molar-refractivity contribution in [3.63, 3.8) is 0 Å². The number of nitrogens with one attached hydrogen (secondary N) is 2. The minimum atomic E-state index is -1.25. The Bertz CT molecular complexity index is 435. The van der Waals surface area contributed by atoms with Crippen molar-refractivity contribution < 1.29 is 13.2 Å². The minimum Gasteiger partial charge on any atom is -0.323 e. The number of halogens is 3. The maximum atomic E-state index is 13.3. The molecule has 0 amide bonds. The summed E-state index contributed by atoms with van der Waals surface area (Å²) in [4.78, 5) is 4.01. The lowest BCUT2D eigenvalue weighted by molar-refractivity contribution is 0.496. The van der Waals surface area contributed by atoms with Crippen LogP contribution in [0.4, 0.5) is 18.9 Å². The van der Waals surface area contributed by atoms with Gasteiger partial charge in [0.05, 0.1) is 5.69 Å². The van der Waals surface area contributed by atoms with Crippen molar-refractivity contribution in [1.82, 2.24) is 5.43 Å². The largest absolute Gasteiger partial charge is 0.323 e. The van der Waals surface area contributed by atoms with E-state index >= 15 is 0 Å². The van der Waals surface area contributed by atoms with Crippen LogP contribution in [0.15, 0.2) is 17.1 Å². The fourth-order valence-electron chi connectivity index (χ4n) is 1.22.